The molecule has 2 amide bonds. The zero-order chi connectivity index (χ0) is 15.5. The number of nitrogens with one attached hydrogen (secondary N) is 1. The lowest BCUT2D eigenvalue weighted by molar-refractivity contribution is -0.119. The minimum absolute atomic E-state index is 0.154. The van der Waals surface area contributed by atoms with Crippen molar-refractivity contribution < 1.29 is 14.0 Å². The molecule has 0 unspecified atom stereocenters. The van der Waals surface area contributed by atoms with Crippen molar-refractivity contribution in [3.63, 3.8) is 0 Å². The van der Waals surface area contributed by atoms with Gasteiger partial charge in [-0.25, -0.2) is 0 Å². The number of anilines is 1. The fourth-order valence-corrected chi connectivity index (χ4v) is 2.94. The summed E-state index contributed by atoms with van der Waals surface area (Å²) in [5, 5.41) is 2.87. The van der Waals surface area contributed by atoms with E-state index in [0.29, 0.717) is 13.0 Å². The lowest BCUT2D eigenvalue weighted by atomic mass is 10.2. The fourth-order valence-electron chi connectivity index (χ4n) is 2.58. The molecule has 1 N–H and O–H groups in total. The van der Waals surface area contributed by atoms with Crippen molar-refractivity contribution in [2.75, 3.05) is 11.9 Å². The molecule has 1 saturated heterocycles. The lowest BCUT2D eigenvalue weighted by Gasteiger charge is -2.23. The van der Waals surface area contributed by atoms with Gasteiger partial charge in [-0.3, -0.25) is 9.59 Å². The average Bonchev–Trinajstić information content (AvgIpc) is 3.20. The summed E-state index contributed by atoms with van der Waals surface area (Å²) in [5.41, 5.74) is 0.739. The number of carbonyl (C=O) groups is 2. The summed E-state index contributed by atoms with van der Waals surface area (Å²) in [4.78, 5) is 26.4. The van der Waals surface area contributed by atoms with Gasteiger partial charge >= 0.3 is 0 Å². The predicted molar refractivity (Wildman–Crippen MR) is 90.6 cm³/mol. The van der Waals surface area contributed by atoms with Gasteiger partial charge in [0.1, 0.15) is 6.04 Å². The van der Waals surface area contributed by atoms with Gasteiger partial charge in [0, 0.05) is 15.8 Å². The highest BCUT2D eigenvalue weighted by atomic mass is 127. The summed E-state index contributed by atoms with van der Waals surface area (Å²) >= 11 is 2.21. The molecule has 0 saturated carbocycles. The molecule has 2 aromatic rings. The Kier molecular flexibility index (Phi) is 4.47. The first kappa shape index (κ1) is 15.1. The summed E-state index contributed by atoms with van der Waals surface area (Å²) in [7, 11) is 0. The predicted octanol–water partition coefficient (Wildman–Crippen LogP) is 3.13. The molecule has 1 atom stereocenters. The number of hydrogen-bond donors (Lipinski definition) is 1. The molecule has 0 bridgehead atoms. The molecule has 0 spiro atoms. The van der Waals surface area contributed by atoms with Gasteiger partial charge in [0.25, 0.3) is 5.91 Å². The number of carbonyl (C=O) groups excluding carboxylic acids is 2. The molecular formula is C16H15IN2O3. The van der Waals surface area contributed by atoms with E-state index >= 15 is 0 Å². The van der Waals surface area contributed by atoms with E-state index in [1.54, 1.807) is 17.0 Å². The minimum Gasteiger partial charge on any atom is -0.459 e. The number of amides is 2. The van der Waals surface area contributed by atoms with E-state index in [2.05, 4.69) is 27.9 Å². The van der Waals surface area contributed by atoms with Gasteiger partial charge in [-0.1, -0.05) is 0 Å². The number of benzene rings is 1. The molecule has 1 aromatic carbocycles. The minimum atomic E-state index is -0.447. The average molecular weight is 410 g/mol. The van der Waals surface area contributed by atoms with E-state index in [-0.39, 0.29) is 17.6 Å². The van der Waals surface area contributed by atoms with E-state index in [4.69, 9.17) is 4.42 Å². The molecule has 1 aliphatic heterocycles. The van der Waals surface area contributed by atoms with Gasteiger partial charge in [0.15, 0.2) is 5.76 Å². The number of halogens is 1. The van der Waals surface area contributed by atoms with Crippen LogP contribution in [0.15, 0.2) is 47.1 Å². The molecule has 3 rings (SSSR count). The van der Waals surface area contributed by atoms with Crippen LogP contribution in [0.3, 0.4) is 0 Å². The first-order valence-electron chi connectivity index (χ1n) is 7.06. The first-order chi connectivity index (χ1) is 10.6. The van der Waals surface area contributed by atoms with Crippen molar-refractivity contribution in [1.29, 1.82) is 0 Å². The zero-order valence-corrected chi connectivity index (χ0v) is 13.9. The van der Waals surface area contributed by atoms with Crippen LogP contribution in [-0.2, 0) is 4.79 Å². The Morgan fingerprint density at radius 3 is 2.68 bits per heavy atom. The van der Waals surface area contributed by atoms with Gasteiger partial charge in [-0.05, 0) is 71.8 Å². The summed E-state index contributed by atoms with van der Waals surface area (Å²) in [5.74, 6) is -0.113. The molecule has 22 heavy (non-hydrogen) atoms. The number of hydrogen-bond acceptors (Lipinski definition) is 3. The third-order valence-corrected chi connectivity index (χ3v) is 4.38. The van der Waals surface area contributed by atoms with Crippen LogP contribution in [0.5, 0.6) is 0 Å². The monoisotopic (exact) mass is 410 g/mol. The molecule has 1 aliphatic rings. The maximum atomic E-state index is 12.4. The van der Waals surface area contributed by atoms with Crippen LogP contribution in [-0.4, -0.2) is 29.3 Å². The van der Waals surface area contributed by atoms with E-state index < -0.39 is 6.04 Å². The Hall–Kier alpha value is -1.83. The standard InChI is InChI=1S/C16H15IN2O3/c17-11-5-7-12(8-6-11)18-15(20)13-3-1-9-19(13)16(21)14-4-2-10-22-14/h2,4-8,10,13H,1,3,9H2,(H,18,20)/t13-/m0/s1. The number of furan rings is 1. The summed E-state index contributed by atoms with van der Waals surface area (Å²) in [6.07, 6.45) is 2.95. The lowest BCUT2D eigenvalue weighted by Crippen LogP contribution is -2.43. The molecule has 2 heterocycles. The molecule has 0 radical (unpaired) electrons. The summed E-state index contributed by atoms with van der Waals surface area (Å²) in [6.45, 7) is 0.574. The maximum Gasteiger partial charge on any atom is 0.290 e. The number of likely N-dealkylation sites (tertiary alicyclic amines) is 1. The van der Waals surface area contributed by atoms with Gasteiger partial charge in [0.05, 0.1) is 6.26 Å². The molecule has 0 aliphatic carbocycles. The molecule has 1 aromatic heterocycles. The second-order valence-corrected chi connectivity index (χ2v) is 6.38. The molecule has 114 valence electrons. The van der Waals surface area contributed by atoms with Crippen molar-refractivity contribution in [2.45, 2.75) is 18.9 Å². The first-order valence-corrected chi connectivity index (χ1v) is 8.14. The third-order valence-electron chi connectivity index (χ3n) is 3.66. The topological polar surface area (TPSA) is 62.6 Å². The van der Waals surface area contributed by atoms with Crippen molar-refractivity contribution >= 4 is 40.1 Å². The molecular weight excluding hydrogens is 395 g/mol. The molecule has 1 fully saturated rings. The zero-order valence-electron chi connectivity index (χ0n) is 11.8. The molecule has 5 nitrogen and oxygen atoms in total. The van der Waals surface area contributed by atoms with E-state index in [1.165, 1.54) is 6.26 Å². The van der Waals surface area contributed by atoms with Crippen molar-refractivity contribution in [1.82, 2.24) is 4.90 Å². The van der Waals surface area contributed by atoms with E-state index in [9.17, 15) is 9.59 Å². The largest absolute Gasteiger partial charge is 0.459 e. The maximum absolute atomic E-state index is 12.4. The van der Waals surface area contributed by atoms with Gasteiger partial charge < -0.3 is 14.6 Å². The van der Waals surface area contributed by atoms with Crippen molar-refractivity contribution in [3.05, 3.63) is 52.0 Å². The number of nitrogens with zero attached hydrogens (tertiary/aromatic N) is 1. The van der Waals surface area contributed by atoms with E-state index in [1.807, 2.05) is 24.3 Å². The molecule has 6 heteroatoms. The Bertz CT molecular complexity index is 667. The smallest absolute Gasteiger partial charge is 0.290 e. The van der Waals surface area contributed by atoms with Gasteiger partial charge in [0.2, 0.25) is 5.91 Å². The van der Waals surface area contributed by atoms with Crippen LogP contribution >= 0.6 is 22.6 Å². The quantitative estimate of drug-likeness (QED) is 0.792. The van der Waals surface area contributed by atoms with Crippen molar-refractivity contribution in [3.8, 4) is 0 Å². The second kappa shape index (κ2) is 6.51. The highest BCUT2D eigenvalue weighted by Crippen LogP contribution is 2.22. The third kappa shape index (κ3) is 3.16. The highest BCUT2D eigenvalue weighted by Gasteiger charge is 2.35. The normalized spacial score (nSPS) is 17.5. The van der Waals surface area contributed by atoms with E-state index in [0.717, 1.165) is 15.7 Å². The fraction of sp³-hybridized carbons (Fsp3) is 0.250. The highest BCUT2D eigenvalue weighted by molar-refractivity contribution is 14.1. The van der Waals surface area contributed by atoms with Crippen molar-refractivity contribution in [2.24, 2.45) is 0 Å². The van der Waals surface area contributed by atoms with Crippen LogP contribution in [0.1, 0.15) is 23.4 Å². The van der Waals surface area contributed by atoms with Crippen LogP contribution in [0, 0.1) is 3.57 Å². The Morgan fingerprint density at radius 2 is 2.00 bits per heavy atom. The Morgan fingerprint density at radius 1 is 1.23 bits per heavy atom. The summed E-state index contributed by atoms with van der Waals surface area (Å²) in [6, 6.07) is 10.4. The van der Waals surface area contributed by atoms with Crippen LogP contribution in [0.2, 0.25) is 0 Å². The van der Waals surface area contributed by atoms with Gasteiger partial charge in [-0.2, -0.15) is 0 Å². The van der Waals surface area contributed by atoms with Crippen LogP contribution < -0.4 is 5.32 Å². The Balaban J connectivity index is 1.71. The second-order valence-electron chi connectivity index (χ2n) is 5.13. The summed E-state index contributed by atoms with van der Waals surface area (Å²) < 4.78 is 6.25. The number of rotatable bonds is 3. The SMILES string of the molecule is O=C(Nc1ccc(I)cc1)[C@@H]1CCCN1C(=O)c1ccco1. The van der Waals surface area contributed by atoms with Crippen LogP contribution in [0.4, 0.5) is 5.69 Å². The van der Waals surface area contributed by atoms with Crippen LogP contribution in [0.25, 0.3) is 0 Å². The Labute approximate surface area is 141 Å². The van der Waals surface area contributed by atoms with Gasteiger partial charge in [-0.15, -0.1) is 0 Å².